The average Bonchev–Trinajstić information content (AvgIpc) is 2.50. The number of rotatable bonds is 0. The molecule has 0 aliphatic carbocycles. The second kappa shape index (κ2) is 4.22. The molecule has 2 heteroatoms. The normalized spacial score (nSPS) is 45.0. The van der Waals surface area contributed by atoms with Crippen molar-refractivity contribution in [1.82, 2.24) is 5.32 Å². The molecule has 2 saturated heterocycles. The minimum atomic E-state index is -0.584. The summed E-state index contributed by atoms with van der Waals surface area (Å²) in [6.45, 7) is 6.02. The van der Waals surface area contributed by atoms with E-state index in [1.54, 1.807) is 0 Å². The van der Waals surface area contributed by atoms with Gasteiger partial charge in [-0.25, -0.2) is 4.39 Å². The van der Waals surface area contributed by atoms with E-state index >= 15 is 0 Å². The smallest absolute Gasteiger partial charge is 0.118 e. The van der Waals surface area contributed by atoms with Crippen LogP contribution in [0.15, 0.2) is 0 Å². The van der Waals surface area contributed by atoms with Crippen LogP contribution in [0.5, 0.6) is 0 Å². The highest BCUT2D eigenvalue weighted by Gasteiger charge is 2.39. The maximum Gasteiger partial charge on any atom is 0.118 e. The van der Waals surface area contributed by atoms with Crippen molar-refractivity contribution in [2.45, 2.75) is 58.3 Å². The standard InChI is InChI=1S/C8H14FN.C2H6/c1-5-4-6-2-3-7(10-6)8(5)9;1-2/h5-8,10H,2-4H2,1H3;1-2H3. The molecular weight excluding hydrogens is 153 g/mol. The summed E-state index contributed by atoms with van der Waals surface area (Å²) in [6, 6.07) is 0.820. The second-order valence-electron chi connectivity index (χ2n) is 3.70. The Labute approximate surface area is 74.7 Å². The Morgan fingerprint density at radius 2 is 1.92 bits per heavy atom. The molecule has 2 rings (SSSR count). The molecule has 0 spiro atoms. The van der Waals surface area contributed by atoms with Gasteiger partial charge in [-0.15, -0.1) is 0 Å². The summed E-state index contributed by atoms with van der Waals surface area (Å²) in [5, 5.41) is 3.30. The zero-order valence-electron chi connectivity index (χ0n) is 8.31. The topological polar surface area (TPSA) is 12.0 Å². The number of hydrogen-bond donors (Lipinski definition) is 1. The minimum Gasteiger partial charge on any atom is -0.308 e. The van der Waals surface area contributed by atoms with Crippen LogP contribution in [0.3, 0.4) is 0 Å². The lowest BCUT2D eigenvalue weighted by molar-refractivity contribution is 0.145. The van der Waals surface area contributed by atoms with Crippen LogP contribution >= 0.6 is 0 Å². The quantitative estimate of drug-likeness (QED) is 0.593. The maximum absolute atomic E-state index is 13.2. The fraction of sp³-hybridized carbons (Fsp3) is 1.00. The number of piperidine rings is 1. The first-order valence-corrected chi connectivity index (χ1v) is 5.17. The predicted octanol–water partition coefficient (Wildman–Crippen LogP) is 2.51. The van der Waals surface area contributed by atoms with Crippen molar-refractivity contribution in [2.24, 2.45) is 5.92 Å². The van der Waals surface area contributed by atoms with E-state index in [4.69, 9.17) is 0 Å². The highest BCUT2D eigenvalue weighted by Crippen LogP contribution is 2.32. The van der Waals surface area contributed by atoms with E-state index in [0.29, 0.717) is 12.0 Å². The van der Waals surface area contributed by atoms with Gasteiger partial charge in [-0.05, 0) is 25.2 Å². The molecule has 2 heterocycles. The molecule has 4 atom stereocenters. The number of fused-ring (bicyclic) bond motifs is 2. The number of hydrogen-bond acceptors (Lipinski definition) is 1. The number of halogens is 1. The van der Waals surface area contributed by atoms with Crippen LogP contribution in [0.25, 0.3) is 0 Å². The van der Waals surface area contributed by atoms with Crippen LogP contribution in [0.1, 0.15) is 40.0 Å². The molecule has 0 aromatic heterocycles. The first kappa shape index (κ1) is 9.97. The van der Waals surface area contributed by atoms with E-state index in [9.17, 15) is 4.39 Å². The highest BCUT2D eigenvalue weighted by molar-refractivity contribution is 4.96. The summed E-state index contributed by atoms with van der Waals surface area (Å²) in [7, 11) is 0. The molecule has 2 fully saturated rings. The summed E-state index contributed by atoms with van der Waals surface area (Å²) in [5.74, 6) is 0.291. The summed E-state index contributed by atoms with van der Waals surface area (Å²) >= 11 is 0. The minimum absolute atomic E-state index is 0.189. The summed E-state index contributed by atoms with van der Waals surface area (Å²) in [4.78, 5) is 0. The van der Waals surface area contributed by atoms with E-state index < -0.39 is 6.17 Å². The van der Waals surface area contributed by atoms with Gasteiger partial charge in [0, 0.05) is 12.1 Å². The lowest BCUT2D eigenvalue weighted by Gasteiger charge is -2.30. The third-order valence-electron chi connectivity index (χ3n) is 2.86. The van der Waals surface area contributed by atoms with E-state index in [0.717, 1.165) is 12.8 Å². The zero-order chi connectivity index (χ0) is 9.14. The van der Waals surface area contributed by atoms with Crippen LogP contribution in [0.2, 0.25) is 0 Å². The molecule has 72 valence electrons. The molecule has 0 amide bonds. The van der Waals surface area contributed by atoms with Crippen LogP contribution in [-0.2, 0) is 0 Å². The van der Waals surface area contributed by atoms with Gasteiger partial charge >= 0.3 is 0 Å². The molecule has 0 saturated carbocycles. The molecule has 1 N–H and O–H groups in total. The van der Waals surface area contributed by atoms with Gasteiger partial charge in [0.1, 0.15) is 6.17 Å². The number of alkyl halides is 1. The molecular formula is C10H20FN. The molecule has 0 aromatic carbocycles. The largest absolute Gasteiger partial charge is 0.308 e. The SMILES string of the molecule is CC.CC1CC2CCC(N2)C1F. The average molecular weight is 173 g/mol. The molecule has 0 aromatic rings. The number of nitrogens with one attached hydrogen (secondary N) is 1. The van der Waals surface area contributed by atoms with Crippen molar-refractivity contribution >= 4 is 0 Å². The van der Waals surface area contributed by atoms with Gasteiger partial charge < -0.3 is 5.32 Å². The molecule has 4 unspecified atom stereocenters. The fourth-order valence-electron chi connectivity index (χ4n) is 2.26. The van der Waals surface area contributed by atoms with Gasteiger partial charge in [0.25, 0.3) is 0 Å². The van der Waals surface area contributed by atoms with E-state index in [1.807, 2.05) is 20.8 Å². The Hall–Kier alpha value is -0.110. The van der Waals surface area contributed by atoms with Crippen molar-refractivity contribution in [3.05, 3.63) is 0 Å². The van der Waals surface area contributed by atoms with Crippen LogP contribution < -0.4 is 5.32 Å². The zero-order valence-corrected chi connectivity index (χ0v) is 8.31. The Bertz CT molecular complexity index is 138. The van der Waals surface area contributed by atoms with Crippen molar-refractivity contribution in [2.75, 3.05) is 0 Å². The van der Waals surface area contributed by atoms with Crippen LogP contribution in [-0.4, -0.2) is 18.3 Å². The van der Waals surface area contributed by atoms with Gasteiger partial charge in [0.2, 0.25) is 0 Å². The van der Waals surface area contributed by atoms with Crippen molar-refractivity contribution < 1.29 is 4.39 Å². The fourth-order valence-corrected chi connectivity index (χ4v) is 2.26. The summed E-state index contributed by atoms with van der Waals surface area (Å²) in [6.07, 6.45) is 2.70. The van der Waals surface area contributed by atoms with E-state index in [-0.39, 0.29) is 6.04 Å². The van der Waals surface area contributed by atoms with Crippen molar-refractivity contribution in [3.8, 4) is 0 Å². The van der Waals surface area contributed by atoms with Crippen molar-refractivity contribution in [3.63, 3.8) is 0 Å². The Balaban J connectivity index is 0.000000336. The van der Waals surface area contributed by atoms with Gasteiger partial charge in [0.15, 0.2) is 0 Å². The van der Waals surface area contributed by atoms with E-state index in [1.165, 1.54) is 6.42 Å². The van der Waals surface area contributed by atoms with Crippen LogP contribution in [0, 0.1) is 5.92 Å². The predicted molar refractivity (Wildman–Crippen MR) is 50.0 cm³/mol. The molecule has 2 aliphatic heterocycles. The Morgan fingerprint density at radius 1 is 1.25 bits per heavy atom. The monoisotopic (exact) mass is 173 g/mol. The van der Waals surface area contributed by atoms with Gasteiger partial charge in [-0.3, -0.25) is 0 Å². The Kier molecular flexibility index (Phi) is 3.51. The first-order chi connectivity index (χ1) is 5.77. The van der Waals surface area contributed by atoms with Gasteiger partial charge in [0.05, 0.1) is 0 Å². The molecule has 0 radical (unpaired) electrons. The second-order valence-corrected chi connectivity index (χ2v) is 3.70. The molecule has 1 nitrogen and oxygen atoms in total. The summed E-state index contributed by atoms with van der Waals surface area (Å²) < 4.78 is 13.2. The Morgan fingerprint density at radius 3 is 2.58 bits per heavy atom. The van der Waals surface area contributed by atoms with Gasteiger partial charge in [-0.1, -0.05) is 20.8 Å². The molecule has 12 heavy (non-hydrogen) atoms. The summed E-state index contributed by atoms with van der Waals surface area (Å²) in [5.41, 5.74) is 0. The molecule has 2 bridgehead atoms. The van der Waals surface area contributed by atoms with E-state index in [2.05, 4.69) is 5.32 Å². The van der Waals surface area contributed by atoms with Crippen molar-refractivity contribution in [1.29, 1.82) is 0 Å². The van der Waals surface area contributed by atoms with Gasteiger partial charge in [-0.2, -0.15) is 0 Å². The third-order valence-corrected chi connectivity index (χ3v) is 2.86. The maximum atomic E-state index is 13.2. The first-order valence-electron chi connectivity index (χ1n) is 5.17. The highest BCUT2D eigenvalue weighted by atomic mass is 19.1. The van der Waals surface area contributed by atoms with Crippen LogP contribution in [0.4, 0.5) is 4.39 Å². The lowest BCUT2D eigenvalue weighted by Crippen LogP contribution is -2.45. The molecule has 2 aliphatic rings. The lowest BCUT2D eigenvalue weighted by atomic mass is 9.93. The third kappa shape index (κ3) is 1.79.